The van der Waals surface area contributed by atoms with E-state index in [0.29, 0.717) is 0 Å². The maximum absolute atomic E-state index is 9.25. The highest BCUT2D eigenvalue weighted by molar-refractivity contribution is 7.25. The van der Waals surface area contributed by atoms with Crippen LogP contribution >= 0.6 is 11.3 Å². The number of aryl methyl sites for hydroxylation is 1. The first-order valence-corrected chi connectivity index (χ1v) is 6.07. The number of hydrogen-bond donors (Lipinski definition) is 0. The van der Waals surface area contributed by atoms with Crippen molar-refractivity contribution >= 4 is 31.5 Å². The molecule has 78 valence electrons. The molecular formula is C13H10N2S. The number of fused-ring (bicyclic) bond motifs is 3. The molecule has 2 heterocycles. The van der Waals surface area contributed by atoms with Crippen LogP contribution in [0, 0.1) is 11.3 Å². The van der Waals surface area contributed by atoms with E-state index in [9.17, 15) is 5.26 Å². The molecule has 2 aromatic heterocycles. The number of hydrogen-bond acceptors (Lipinski definition) is 2. The van der Waals surface area contributed by atoms with Crippen LogP contribution in [0.3, 0.4) is 0 Å². The predicted octanol–water partition coefficient (Wildman–Crippen LogP) is 3.75. The molecule has 0 aliphatic rings. The second-order valence-corrected chi connectivity index (χ2v) is 4.80. The molecule has 1 aromatic carbocycles. The van der Waals surface area contributed by atoms with Gasteiger partial charge in [0.05, 0.1) is 4.70 Å². The average molecular weight is 226 g/mol. The summed E-state index contributed by atoms with van der Waals surface area (Å²) in [6, 6.07) is 10.6. The maximum Gasteiger partial charge on any atom is 0.129 e. The Morgan fingerprint density at radius 2 is 2.12 bits per heavy atom. The van der Waals surface area contributed by atoms with E-state index in [2.05, 4.69) is 31.3 Å². The zero-order valence-electron chi connectivity index (χ0n) is 8.90. The molecule has 0 N–H and O–H groups in total. The molecule has 0 bridgehead atoms. The lowest BCUT2D eigenvalue weighted by Gasteiger charge is -1.98. The Labute approximate surface area is 97.3 Å². The molecule has 3 rings (SSSR count). The van der Waals surface area contributed by atoms with Gasteiger partial charge in [0.1, 0.15) is 11.8 Å². The summed E-state index contributed by atoms with van der Waals surface area (Å²) in [7, 11) is 0. The fraction of sp³-hybridized carbons (Fsp3) is 0.154. The van der Waals surface area contributed by atoms with Crippen LogP contribution in [-0.2, 0) is 6.54 Å². The van der Waals surface area contributed by atoms with Gasteiger partial charge in [0, 0.05) is 28.2 Å². The molecule has 3 aromatic rings. The Morgan fingerprint density at radius 1 is 1.31 bits per heavy atom. The first kappa shape index (κ1) is 9.44. The van der Waals surface area contributed by atoms with Gasteiger partial charge >= 0.3 is 0 Å². The number of aromatic nitrogens is 1. The quantitative estimate of drug-likeness (QED) is 0.621. The molecule has 0 saturated carbocycles. The van der Waals surface area contributed by atoms with Gasteiger partial charge in [-0.15, -0.1) is 11.3 Å². The zero-order valence-corrected chi connectivity index (χ0v) is 9.71. The van der Waals surface area contributed by atoms with Crippen LogP contribution < -0.4 is 0 Å². The summed E-state index contributed by atoms with van der Waals surface area (Å²) in [6.07, 6.45) is 2.08. The molecule has 0 unspecified atom stereocenters. The summed E-state index contributed by atoms with van der Waals surface area (Å²) >= 11 is 1.76. The van der Waals surface area contributed by atoms with Gasteiger partial charge in [-0.1, -0.05) is 18.2 Å². The van der Waals surface area contributed by atoms with E-state index in [0.717, 1.165) is 17.6 Å². The van der Waals surface area contributed by atoms with E-state index in [1.807, 2.05) is 16.7 Å². The monoisotopic (exact) mass is 226 g/mol. The summed E-state index contributed by atoms with van der Waals surface area (Å²) in [5, 5.41) is 11.6. The molecule has 0 spiro atoms. The number of benzene rings is 1. The molecule has 0 amide bonds. The van der Waals surface area contributed by atoms with Crippen molar-refractivity contribution in [1.29, 1.82) is 5.26 Å². The lowest BCUT2D eigenvalue weighted by Crippen LogP contribution is -1.94. The second-order valence-electron chi connectivity index (χ2n) is 3.71. The third-order valence-corrected chi connectivity index (χ3v) is 3.97. The van der Waals surface area contributed by atoms with Crippen LogP contribution in [0.1, 0.15) is 12.6 Å². The van der Waals surface area contributed by atoms with Crippen molar-refractivity contribution in [2.45, 2.75) is 13.5 Å². The molecular weight excluding hydrogens is 216 g/mol. The van der Waals surface area contributed by atoms with Gasteiger partial charge in [0.2, 0.25) is 0 Å². The number of nitrogens with zero attached hydrogens (tertiary/aromatic N) is 2. The van der Waals surface area contributed by atoms with Gasteiger partial charge in [-0.05, 0) is 13.0 Å². The van der Waals surface area contributed by atoms with Crippen LogP contribution in [0.25, 0.3) is 20.2 Å². The van der Waals surface area contributed by atoms with E-state index >= 15 is 0 Å². The Morgan fingerprint density at radius 3 is 2.88 bits per heavy atom. The Bertz CT molecular complexity index is 713. The van der Waals surface area contributed by atoms with E-state index < -0.39 is 0 Å². The normalized spacial score (nSPS) is 11.0. The molecule has 2 nitrogen and oxygen atoms in total. The van der Waals surface area contributed by atoms with Gasteiger partial charge in [-0.3, -0.25) is 0 Å². The van der Waals surface area contributed by atoms with Crippen molar-refractivity contribution in [2.75, 3.05) is 0 Å². The summed E-state index contributed by atoms with van der Waals surface area (Å²) in [5.74, 6) is 0. The topological polar surface area (TPSA) is 28.7 Å². The van der Waals surface area contributed by atoms with Crippen molar-refractivity contribution in [1.82, 2.24) is 4.57 Å². The SMILES string of the molecule is CCn1cc2sc3ccccc3c2c1C#N. The minimum atomic E-state index is 0.787. The largest absolute Gasteiger partial charge is 0.338 e. The minimum absolute atomic E-state index is 0.787. The smallest absolute Gasteiger partial charge is 0.129 e. The molecule has 0 aliphatic heterocycles. The number of nitriles is 1. The first-order valence-electron chi connectivity index (χ1n) is 5.25. The summed E-state index contributed by atoms with van der Waals surface area (Å²) in [4.78, 5) is 0. The van der Waals surface area contributed by atoms with Crippen molar-refractivity contribution in [3.63, 3.8) is 0 Å². The lowest BCUT2D eigenvalue weighted by molar-refractivity contribution is 0.762. The molecule has 0 saturated heterocycles. The first-order chi connectivity index (χ1) is 7.85. The van der Waals surface area contributed by atoms with Crippen molar-refractivity contribution in [3.05, 3.63) is 36.2 Å². The maximum atomic E-state index is 9.25. The highest BCUT2D eigenvalue weighted by Crippen LogP contribution is 2.36. The summed E-state index contributed by atoms with van der Waals surface area (Å²) in [6.45, 7) is 2.91. The van der Waals surface area contributed by atoms with Crippen LogP contribution in [0.15, 0.2) is 30.5 Å². The van der Waals surface area contributed by atoms with Gasteiger partial charge in [0.15, 0.2) is 0 Å². The zero-order chi connectivity index (χ0) is 11.1. The van der Waals surface area contributed by atoms with Crippen molar-refractivity contribution in [2.24, 2.45) is 0 Å². The Balaban J connectivity index is 2.53. The molecule has 0 radical (unpaired) electrons. The Hall–Kier alpha value is -1.79. The van der Waals surface area contributed by atoms with E-state index in [1.165, 1.54) is 14.8 Å². The Kier molecular flexibility index (Phi) is 1.98. The van der Waals surface area contributed by atoms with Crippen LogP contribution in [0.5, 0.6) is 0 Å². The van der Waals surface area contributed by atoms with Crippen LogP contribution in [-0.4, -0.2) is 4.57 Å². The van der Waals surface area contributed by atoms with E-state index in [-0.39, 0.29) is 0 Å². The highest BCUT2D eigenvalue weighted by Gasteiger charge is 2.13. The molecule has 16 heavy (non-hydrogen) atoms. The third kappa shape index (κ3) is 1.11. The predicted molar refractivity (Wildman–Crippen MR) is 67.7 cm³/mol. The molecule has 0 aliphatic carbocycles. The number of thiophene rings is 1. The van der Waals surface area contributed by atoms with Gasteiger partial charge in [-0.2, -0.15) is 5.26 Å². The van der Waals surface area contributed by atoms with Crippen molar-refractivity contribution in [3.8, 4) is 6.07 Å². The van der Waals surface area contributed by atoms with Gasteiger partial charge in [-0.25, -0.2) is 0 Å². The second kappa shape index (κ2) is 3.36. The van der Waals surface area contributed by atoms with E-state index in [1.54, 1.807) is 11.3 Å². The van der Waals surface area contributed by atoms with E-state index in [4.69, 9.17) is 0 Å². The highest BCUT2D eigenvalue weighted by atomic mass is 32.1. The molecule has 0 atom stereocenters. The number of rotatable bonds is 1. The van der Waals surface area contributed by atoms with Crippen molar-refractivity contribution < 1.29 is 0 Å². The molecule has 3 heteroatoms. The van der Waals surface area contributed by atoms with Gasteiger partial charge < -0.3 is 4.57 Å². The summed E-state index contributed by atoms with van der Waals surface area (Å²) < 4.78 is 4.49. The van der Waals surface area contributed by atoms with Crippen LogP contribution in [0.2, 0.25) is 0 Å². The third-order valence-electron chi connectivity index (χ3n) is 2.87. The standard InChI is InChI=1S/C13H10N2S/c1-2-15-8-12-13(10(15)7-14)9-5-3-4-6-11(9)16-12/h3-6,8H,2H2,1H3. The fourth-order valence-electron chi connectivity index (χ4n) is 2.12. The average Bonchev–Trinajstić information content (AvgIpc) is 2.83. The minimum Gasteiger partial charge on any atom is -0.338 e. The fourth-order valence-corrected chi connectivity index (χ4v) is 3.27. The lowest BCUT2D eigenvalue weighted by atomic mass is 10.2. The van der Waals surface area contributed by atoms with Gasteiger partial charge in [0.25, 0.3) is 0 Å². The molecule has 0 fully saturated rings. The summed E-state index contributed by atoms with van der Waals surface area (Å²) in [5.41, 5.74) is 0.787. The van der Waals surface area contributed by atoms with Crippen LogP contribution in [0.4, 0.5) is 0 Å².